The number of amides is 1. The number of alkyl halides is 2. The summed E-state index contributed by atoms with van der Waals surface area (Å²) in [6, 6.07) is 7.35. The molecule has 2 aliphatic rings. The Morgan fingerprint density at radius 3 is 2.60 bits per heavy atom. The molecule has 2 fully saturated rings. The Labute approximate surface area is 277 Å². The minimum atomic E-state index is -3.16. The van der Waals surface area contributed by atoms with E-state index in [0.29, 0.717) is 73.3 Å². The predicted octanol–water partition coefficient (Wildman–Crippen LogP) is 4.73. The van der Waals surface area contributed by atoms with Crippen molar-refractivity contribution in [3.8, 4) is 0 Å². The molecule has 2 aromatic heterocycles. The maximum absolute atomic E-state index is 15.3. The van der Waals surface area contributed by atoms with Crippen molar-refractivity contribution in [1.82, 2.24) is 19.4 Å². The van der Waals surface area contributed by atoms with Gasteiger partial charge in [0, 0.05) is 68.8 Å². The number of carboxylic acid groups (broad SMARTS) is 1. The average Bonchev–Trinajstić information content (AvgIpc) is 3.03. The third-order valence-electron chi connectivity index (χ3n) is 9.12. The van der Waals surface area contributed by atoms with Gasteiger partial charge in [-0.2, -0.15) is 0 Å². The van der Waals surface area contributed by atoms with E-state index in [0.717, 1.165) is 11.2 Å². The van der Waals surface area contributed by atoms with Gasteiger partial charge in [-0.05, 0) is 56.2 Å². The van der Waals surface area contributed by atoms with E-state index in [1.807, 2.05) is 6.92 Å². The number of anilines is 1. The number of halogens is 2. The van der Waals surface area contributed by atoms with Gasteiger partial charge >= 0.3 is 6.09 Å². The van der Waals surface area contributed by atoms with Gasteiger partial charge in [-0.3, -0.25) is 9.36 Å². The average molecular weight is 690 g/mol. The summed E-state index contributed by atoms with van der Waals surface area (Å²) in [6.07, 6.45) is 2.78. The van der Waals surface area contributed by atoms with Crippen LogP contribution in [0.15, 0.2) is 41.5 Å². The molecule has 3 aromatic rings. The number of benzene rings is 1. The van der Waals surface area contributed by atoms with E-state index in [2.05, 4.69) is 15.3 Å². The molecule has 4 heterocycles. The van der Waals surface area contributed by atoms with Crippen molar-refractivity contribution in [3.05, 3.63) is 63.7 Å². The van der Waals surface area contributed by atoms with Crippen LogP contribution in [-0.4, -0.2) is 83.1 Å². The third-order valence-corrected chi connectivity index (χ3v) is 10.8. The number of likely N-dealkylation sites (tertiary alicyclic amines) is 1. The number of aldehydes is 1. The fourth-order valence-electron chi connectivity index (χ4n) is 6.37. The summed E-state index contributed by atoms with van der Waals surface area (Å²) in [5.74, 6) is -3.44. The number of nitrogens with zero attached hydrogens (tertiary/aromatic N) is 4. The largest absolute Gasteiger partial charge is 0.465 e. The number of carbonyl (C=O) groups excluding carboxylic acids is 1. The van der Waals surface area contributed by atoms with E-state index in [4.69, 9.17) is 9.84 Å². The van der Waals surface area contributed by atoms with Crippen LogP contribution >= 0.6 is 0 Å². The highest BCUT2D eigenvalue weighted by atomic mass is 32.2. The second kappa shape index (κ2) is 15.1. The molecule has 1 aromatic carbocycles. The summed E-state index contributed by atoms with van der Waals surface area (Å²) < 4.78 is 62.1. The number of pyridine rings is 1. The molecule has 2 aliphatic heterocycles. The fourth-order valence-corrected chi connectivity index (χ4v) is 7.87. The number of rotatable bonds is 15. The van der Waals surface area contributed by atoms with Gasteiger partial charge in [-0.1, -0.05) is 18.2 Å². The summed E-state index contributed by atoms with van der Waals surface area (Å²) >= 11 is 0. The van der Waals surface area contributed by atoms with E-state index in [9.17, 15) is 22.8 Å². The van der Waals surface area contributed by atoms with Crippen molar-refractivity contribution in [2.75, 3.05) is 43.1 Å². The molecule has 1 atom stereocenters. The second-order valence-electron chi connectivity index (χ2n) is 12.7. The normalized spacial score (nSPS) is 17.6. The number of aryl methyl sites for hydroxylation is 1. The Hall–Kier alpha value is -3.98. The Bertz CT molecular complexity index is 1780. The maximum Gasteiger partial charge on any atom is 0.407 e. The third kappa shape index (κ3) is 8.35. The van der Waals surface area contributed by atoms with Crippen molar-refractivity contribution in [2.45, 2.75) is 69.9 Å². The lowest BCUT2D eigenvalue weighted by Crippen LogP contribution is -2.50. The van der Waals surface area contributed by atoms with Gasteiger partial charge in [-0.25, -0.2) is 32.0 Å². The molecule has 2 N–H and O–H groups in total. The number of nitrogens with one attached hydrogen (secondary N) is 1. The summed E-state index contributed by atoms with van der Waals surface area (Å²) in [7, 11) is -3.16. The first-order valence-electron chi connectivity index (χ1n) is 16.2. The van der Waals surface area contributed by atoms with E-state index in [1.54, 1.807) is 22.8 Å². The first-order valence-corrected chi connectivity index (χ1v) is 18.0. The number of sulfone groups is 1. The Morgan fingerprint density at radius 1 is 1.17 bits per heavy atom. The molecule has 0 radical (unpaired) electrons. The monoisotopic (exact) mass is 689 g/mol. The van der Waals surface area contributed by atoms with Crippen LogP contribution in [0.25, 0.3) is 11.0 Å². The SMILES string of the molecule is CC(Nc1ncnc2c1cc(C1CCS(=O)(=O)CC1)c(=O)n2CCCOCCCC=O)c1cccc(C(F)(F)CC2CN(C(=O)O)C2)c1. The standard InChI is InChI=1S/C33H41F2N5O7S/c1-22(25-6-4-7-26(16-25)33(34,35)18-23-19-39(20-23)32(43)44)38-29-28-17-27(24-8-14-48(45,46)15-9-24)31(42)40(30(28)37-21-36-29)10-5-13-47-12-3-2-11-41/h4,6-7,11,16-17,21-24H,2-3,5,8-10,12-15,18-20H2,1H3,(H,43,44)(H,36,37,38). The van der Waals surface area contributed by atoms with Gasteiger partial charge in [0.1, 0.15) is 33.9 Å². The zero-order chi connectivity index (χ0) is 34.5. The zero-order valence-corrected chi connectivity index (χ0v) is 27.6. The van der Waals surface area contributed by atoms with E-state index in [-0.39, 0.29) is 48.2 Å². The molecule has 0 aliphatic carbocycles. The first-order chi connectivity index (χ1) is 22.9. The minimum absolute atomic E-state index is 0.00323. The van der Waals surface area contributed by atoms with Gasteiger partial charge in [-0.15, -0.1) is 0 Å². The summed E-state index contributed by atoms with van der Waals surface area (Å²) in [6.45, 7) is 3.06. The van der Waals surface area contributed by atoms with E-state index >= 15 is 8.78 Å². The second-order valence-corrected chi connectivity index (χ2v) is 15.0. The van der Waals surface area contributed by atoms with Crippen LogP contribution in [0.1, 0.15) is 74.1 Å². The predicted molar refractivity (Wildman–Crippen MR) is 175 cm³/mol. The molecule has 12 nitrogen and oxygen atoms in total. The Kier molecular flexibility index (Phi) is 11.1. The molecule has 0 bridgehead atoms. The van der Waals surface area contributed by atoms with Crippen molar-refractivity contribution in [3.63, 3.8) is 0 Å². The molecule has 0 saturated carbocycles. The van der Waals surface area contributed by atoms with Crippen LogP contribution in [0.3, 0.4) is 0 Å². The fraction of sp³-hybridized carbons (Fsp3) is 0.545. The lowest BCUT2D eigenvalue weighted by molar-refractivity contribution is -0.108. The van der Waals surface area contributed by atoms with Gasteiger partial charge in [0.05, 0.1) is 16.9 Å². The summed E-state index contributed by atoms with van der Waals surface area (Å²) in [5, 5.41) is 12.9. The number of hydrogen-bond acceptors (Lipinski definition) is 9. The molecule has 2 saturated heterocycles. The maximum atomic E-state index is 15.3. The molecule has 15 heteroatoms. The number of ether oxygens (including phenoxy) is 1. The van der Waals surface area contributed by atoms with Crippen molar-refractivity contribution in [2.24, 2.45) is 5.92 Å². The van der Waals surface area contributed by atoms with Crippen LogP contribution in [-0.2, 0) is 31.8 Å². The van der Waals surface area contributed by atoms with Crippen molar-refractivity contribution < 1.29 is 36.6 Å². The molecule has 5 rings (SSSR count). The minimum Gasteiger partial charge on any atom is -0.465 e. The highest BCUT2D eigenvalue weighted by Crippen LogP contribution is 2.39. The van der Waals surface area contributed by atoms with Gasteiger partial charge in [0.2, 0.25) is 0 Å². The lowest BCUT2D eigenvalue weighted by atomic mass is 9.89. The first kappa shape index (κ1) is 35.3. The highest BCUT2D eigenvalue weighted by molar-refractivity contribution is 7.91. The number of unbranched alkanes of at least 4 members (excludes halogenated alkanes) is 1. The Morgan fingerprint density at radius 2 is 1.90 bits per heavy atom. The molecular weight excluding hydrogens is 648 g/mol. The van der Waals surface area contributed by atoms with Crippen molar-refractivity contribution >= 4 is 39.1 Å². The van der Waals surface area contributed by atoms with Gasteiger partial charge in [0.25, 0.3) is 11.5 Å². The van der Waals surface area contributed by atoms with Crippen LogP contribution in [0.5, 0.6) is 0 Å². The smallest absolute Gasteiger partial charge is 0.407 e. The van der Waals surface area contributed by atoms with Crippen LogP contribution in [0, 0.1) is 5.92 Å². The van der Waals surface area contributed by atoms with Gasteiger partial charge < -0.3 is 24.9 Å². The number of carbonyl (C=O) groups is 2. The highest BCUT2D eigenvalue weighted by Gasteiger charge is 2.41. The van der Waals surface area contributed by atoms with E-state index in [1.165, 1.54) is 18.5 Å². The van der Waals surface area contributed by atoms with Crippen LogP contribution < -0.4 is 10.9 Å². The molecular formula is C33H41F2N5O7S. The lowest BCUT2D eigenvalue weighted by Gasteiger charge is -2.38. The van der Waals surface area contributed by atoms with Crippen molar-refractivity contribution in [1.29, 1.82) is 0 Å². The topological polar surface area (TPSA) is 161 Å². The number of aromatic nitrogens is 3. The molecule has 260 valence electrons. The summed E-state index contributed by atoms with van der Waals surface area (Å²) in [5.41, 5.74) is 1.03. The molecule has 1 amide bonds. The number of fused-ring (bicyclic) bond motifs is 1. The van der Waals surface area contributed by atoms with Crippen LogP contribution in [0.4, 0.5) is 19.4 Å². The molecule has 48 heavy (non-hydrogen) atoms. The quantitative estimate of drug-likeness (QED) is 0.169. The van der Waals surface area contributed by atoms with Crippen LogP contribution in [0.2, 0.25) is 0 Å². The molecule has 1 unspecified atom stereocenters. The van der Waals surface area contributed by atoms with Gasteiger partial charge in [0.15, 0.2) is 0 Å². The number of hydrogen-bond donors (Lipinski definition) is 2. The Balaban J connectivity index is 1.39. The zero-order valence-electron chi connectivity index (χ0n) is 26.8. The summed E-state index contributed by atoms with van der Waals surface area (Å²) in [4.78, 5) is 45.4. The van der Waals surface area contributed by atoms with E-state index < -0.39 is 40.2 Å². The molecule has 0 spiro atoms.